The summed E-state index contributed by atoms with van der Waals surface area (Å²) in [4.78, 5) is 5.08. The van der Waals surface area contributed by atoms with Gasteiger partial charge in [-0.25, -0.2) is 0 Å². The van der Waals surface area contributed by atoms with Crippen molar-refractivity contribution in [1.29, 1.82) is 0 Å². The van der Waals surface area contributed by atoms with Gasteiger partial charge in [0.15, 0.2) is 0 Å². The summed E-state index contributed by atoms with van der Waals surface area (Å²) in [5.74, 6) is 0. The lowest BCUT2D eigenvalue weighted by atomic mass is 10.0. The van der Waals surface area contributed by atoms with Crippen molar-refractivity contribution in [2.24, 2.45) is 0 Å². The molecule has 0 aliphatic carbocycles. The molecule has 1 aliphatic heterocycles. The second-order valence-corrected chi connectivity index (χ2v) is 6.62. The molecule has 0 spiro atoms. The van der Waals surface area contributed by atoms with Crippen molar-refractivity contribution in [2.45, 2.75) is 39.8 Å². The number of aryl methyl sites for hydroxylation is 1. The Morgan fingerprint density at radius 3 is 2.26 bits per heavy atom. The summed E-state index contributed by atoms with van der Waals surface area (Å²) < 4.78 is 0. The highest BCUT2D eigenvalue weighted by Gasteiger charge is 2.25. The molecule has 3 heteroatoms. The monoisotopic (exact) mass is 261 g/mol. The third-order valence-corrected chi connectivity index (χ3v) is 4.07. The number of anilines is 1. The molecule has 1 heterocycles. The molecule has 106 valence electrons. The second-order valence-electron chi connectivity index (χ2n) is 6.62. The van der Waals surface area contributed by atoms with E-state index in [2.05, 4.69) is 55.7 Å². The maximum Gasteiger partial charge on any atom is 0.0346 e. The quantitative estimate of drug-likeness (QED) is 0.830. The molecular weight excluding hydrogens is 234 g/mol. The normalized spacial score (nSPS) is 18.7. The van der Waals surface area contributed by atoms with E-state index in [-0.39, 0.29) is 0 Å². The van der Waals surface area contributed by atoms with Crippen LogP contribution in [0.5, 0.6) is 0 Å². The lowest BCUT2D eigenvalue weighted by Crippen LogP contribution is -2.53. The van der Waals surface area contributed by atoms with Crippen molar-refractivity contribution in [1.82, 2.24) is 9.80 Å². The first-order chi connectivity index (χ1) is 8.86. The Labute approximate surface area is 117 Å². The number of benzene rings is 1. The minimum absolute atomic E-state index is 0.292. The second kappa shape index (κ2) is 5.51. The first-order valence-electron chi connectivity index (χ1n) is 7.19. The Morgan fingerprint density at radius 1 is 1.11 bits per heavy atom. The number of nitrogen functional groups attached to an aromatic ring is 1. The van der Waals surface area contributed by atoms with Gasteiger partial charge in [-0.2, -0.15) is 0 Å². The topological polar surface area (TPSA) is 32.5 Å². The molecule has 1 fully saturated rings. The van der Waals surface area contributed by atoms with E-state index in [1.807, 2.05) is 0 Å². The van der Waals surface area contributed by atoms with Gasteiger partial charge in [-0.05, 0) is 44.9 Å². The van der Waals surface area contributed by atoms with Gasteiger partial charge in [0.25, 0.3) is 0 Å². The fraction of sp³-hybridized carbons (Fsp3) is 0.625. The lowest BCUT2D eigenvalue weighted by molar-refractivity contribution is 0.0591. The molecular formula is C16H27N3. The third kappa shape index (κ3) is 3.71. The SMILES string of the molecule is Cc1ccc(CN2CCN(C(C)(C)C)CC2)cc1N. The van der Waals surface area contributed by atoms with Crippen LogP contribution in [0.1, 0.15) is 31.9 Å². The molecule has 0 radical (unpaired) electrons. The molecule has 1 aromatic carbocycles. The van der Waals surface area contributed by atoms with Crippen LogP contribution in [0.3, 0.4) is 0 Å². The molecule has 1 aromatic rings. The van der Waals surface area contributed by atoms with Crippen LogP contribution in [0.25, 0.3) is 0 Å². The standard InChI is InChI=1S/C16H27N3/c1-13-5-6-14(11-15(13)17)12-18-7-9-19(10-8-18)16(2,3)4/h5-6,11H,7-10,12,17H2,1-4H3. The first-order valence-corrected chi connectivity index (χ1v) is 7.19. The van der Waals surface area contributed by atoms with Crippen LogP contribution in [-0.4, -0.2) is 41.5 Å². The number of nitrogens with zero attached hydrogens (tertiary/aromatic N) is 2. The maximum absolute atomic E-state index is 5.98. The van der Waals surface area contributed by atoms with Gasteiger partial charge in [0, 0.05) is 44.0 Å². The molecule has 0 saturated carbocycles. The average Bonchev–Trinajstić information content (AvgIpc) is 2.33. The van der Waals surface area contributed by atoms with E-state index in [4.69, 9.17) is 5.73 Å². The van der Waals surface area contributed by atoms with Gasteiger partial charge in [0.1, 0.15) is 0 Å². The third-order valence-electron chi connectivity index (χ3n) is 4.07. The molecule has 1 aliphatic rings. The Bertz CT molecular complexity index is 426. The predicted octanol–water partition coefficient (Wildman–Crippen LogP) is 2.49. The molecule has 2 N–H and O–H groups in total. The number of rotatable bonds is 2. The highest BCUT2D eigenvalue weighted by atomic mass is 15.3. The molecule has 0 aromatic heterocycles. The van der Waals surface area contributed by atoms with E-state index in [0.29, 0.717) is 5.54 Å². The predicted molar refractivity (Wildman–Crippen MR) is 82.2 cm³/mol. The number of hydrogen-bond donors (Lipinski definition) is 1. The molecule has 0 bridgehead atoms. The van der Waals surface area contributed by atoms with Gasteiger partial charge >= 0.3 is 0 Å². The summed E-state index contributed by atoms with van der Waals surface area (Å²) in [7, 11) is 0. The van der Waals surface area contributed by atoms with Gasteiger partial charge < -0.3 is 5.73 Å². The van der Waals surface area contributed by atoms with Crippen molar-refractivity contribution in [2.75, 3.05) is 31.9 Å². The minimum atomic E-state index is 0.292. The molecule has 0 unspecified atom stereocenters. The van der Waals surface area contributed by atoms with Crippen LogP contribution in [0.15, 0.2) is 18.2 Å². The smallest absolute Gasteiger partial charge is 0.0346 e. The Morgan fingerprint density at radius 2 is 1.74 bits per heavy atom. The summed E-state index contributed by atoms with van der Waals surface area (Å²) in [6, 6.07) is 6.43. The van der Waals surface area contributed by atoms with Gasteiger partial charge in [-0.1, -0.05) is 12.1 Å². The first kappa shape index (κ1) is 14.4. The molecule has 2 rings (SSSR count). The summed E-state index contributed by atoms with van der Waals surface area (Å²) in [5.41, 5.74) is 9.67. The lowest BCUT2D eigenvalue weighted by Gasteiger charge is -2.42. The Hall–Kier alpha value is -1.06. The zero-order valence-electron chi connectivity index (χ0n) is 12.7. The molecule has 0 amide bonds. The number of hydrogen-bond acceptors (Lipinski definition) is 3. The van der Waals surface area contributed by atoms with Crippen molar-refractivity contribution >= 4 is 5.69 Å². The largest absolute Gasteiger partial charge is 0.399 e. The summed E-state index contributed by atoms with van der Waals surface area (Å²) in [5, 5.41) is 0. The van der Waals surface area contributed by atoms with Crippen LogP contribution < -0.4 is 5.73 Å². The van der Waals surface area contributed by atoms with Gasteiger partial charge in [-0.15, -0.1) is 0 Å². The van der Waals surface area contributed by atoms with Crippen molar-refractivity contribution in [3.05, 3.63) is 29.3 Å². The van der Waals surface area contributed by atoms with E-state index < -0.39 is 0 Å². The fourth-order valence-electron chi connectivity index (χ4n) is 2.62. The number of piperazine rings is 1. The van der Waals surface area contributed by atoms with Crippen molar-refractivity contribution in [3.63, 3.8) is 0 Å². The zero-order valence-corrected chi connectivity index (χ0v) is 12.7. The van der Waals surface area contributed by atoms with Crippen LogP contribution in [0.2, 0.25) is 0 Å². The molecule has 1 saturated heterocycles. The Kier molecular flexibility index (Phi) is 4.16. The van der Waals surface area contributed by atoms with E-state index >= 15 is 0 Å². The molecule has 19 heavy (non-hydrogen) atoms. The van der Waals surface area contributed by atoms with Crippen LogP contribution in [0, 0.1) is 6.92 Å². The molecule has 0 atom stereocenters. The summed E-state index contributed by atoms with van der Waals surface area (Å²) in [6.45, 7) is 14.6. The highest BCUT2D eigenvalue weighted by molar-refractivity contribution is 5.48. The van der Waals surface area contributed by atoms with Gasteiger partial charge in [0.2, 0.25) is 0 Å². The summed E-state index contributed by atoms with van der Waals surface area (Å²) in [6.07, 6.45) is 0. The van der Waals surface area contributed by atoms with Gasteiger partial charge in [0.05, 0.1) is 0 Å². The van der Waals surface area contributed by atoms with E-state index in [1.165, 1.54) is 11.1 Å². The Balaban J connectivity index is 1.90. The maximum atomic E-state index is 5.98. The van der Waals surface area contributed by atoms with E-state index in [1.54, 1.807) is 0 Å². The van der Waals surface area contributed by atoms with Crippen LogP contribution >= 0.6 is 0 Å². The van der Waals surface area contributed by atoms with Crippen LogP contribution in [-0.2, 0) is 6.54 Å². The number of nitrogens with two attached hydrogens (primary N) is 1. The average molecular weight is 261 g/mol. The molecule has 3 nitrogen and oxygen atoms in total. The zero-order chi connectivity index (χ0) is 14.0. The van der Waals surface area contributed by atoms with Crippen molar-refractivity contribution in [3.8, 4) is 0 Å². The fourth-order valence-corrected chi connectivity index (χ4v) is 2.62. The summed E-state index contributed by atoms with van der Waals surface area (Å²) >= 11 is 0. The van der Waals surface area contributed by atoms with Crippen molar-refractivity contribution < 1.29 is 0 Å². The van der Waals surface area contributed by atoms with E-state index in [9.17, 15) is 0 Å². The highest BCUT2D eigenvalue weighted by Crippen LogP contribution is 2.18. The minimum Gasteiger partial charge on any atom is -0.399 e. The van der Waals surface area contributed by atoms with E-state index in [0.717, 1.165) is 38.4 Å². The van der Waals surface area contributed by atoms with Crippen LogP contribution in [0.4, 0.5) is 5.69 Å². The van der Waals surface area contributed by atoms with Gasteiger partial charge in [-0.3, -0.25) is 9.80 Å².